The molecule has 8 heteroatoms. The highest BCUT2D eigenvalue weighted by Crippen LogP contribution is 2.35. The number of carbonyl (C=O) groups is 3. The Hall–Kier alpha value is -3.52. The monoisotopic (exact) mass is 547 g/mol. The molecule has 3 aromatic carbocycles. The number of amides is 3. The maximum absolute atomic E-state index is 14.1. The maximum atomic E-state index is 14.1. The first-order chi connectivity index (χ1) is 18.6. The number of anilines is 1. The van der Waals surface area contributed by atoms with Gasteiger partial charge in [0, 0.05) is 17.5 Å². The first-order valence-electron chi connectivity index (χ1n) is 13.3. The molecular formula is C31H37N3O4S. The third-order valence-corrected chi connectivity index (χ3v) is 7.29. The van der Waals surface area contributed by atoms with Crippen LogP contribution in [-0.4, -0.2) is 46.2 Å². The average molecular weight is 548 g/mol. The van der Waals surface area contributed by atoms with Crippen molar-refractivity contribution in [1.29, 1.82) is 0 Å². The van der Waals surface area contributed by atoms with E-state index in [9.17, 15) is 14.4 Å². The smallest absolute Gasteiger partial charge is 0.408 e. The van der Waals surface area contributed by atoms with E-state index >= 15 is 0 Å². The fraction of sp³-hybridized carbons (Fsp3) is 0.387. The number of hydrogen-bond acceptors (Lipinski definition) is 5. The Morgan fingerprint density at radius 2 is 1.67 bits per heavy atom. The number of hydrogen-bond donors (Lipinski definition) is 3. The molecule has 7 nitrogen and oxygen atoms in total. The van der Waals surface area contributed by atoms with Gasteiger partial charge in [-0.25, -0.2) is 4.79 Å². The lowest BCUT2D eigenvalue weighted by Gasteiger charge is -2.43. The molecule has 2 atom stereocenters. The standard InChI is InChI=1S/C31H37N3O4S/c1-20-10-5-8-15-25(20)27(28(35)32-23-17-16-21-11-6-7-12-22(21)18-23)34(24-13-9-14-24)29(36)26(19-39)33-30(37)38-31(2,3)4/h5-8,10-12,15-18,24,26-27,39H,9,13-14,19H2,1-4H3,(H,32,35)(H,33,37). The lowest BCUT2D eigenvalue weighted by molar-refractivity contribution is -0.145. The van der Waals surface area contributed by atoms with Gasteiger partial charge in [-0.1, -0.05) is 54.6 Å². The van der Waals surface area contributed by atoms with Crippen LogP contribution in [0.4, 0.5) is 10.5 Å². The van der Waals surface area contributed by atoms with Crippen molar-refractivity contribution in [3.05, 3.63) is 77.9 Å². The molecule has 0 saturated heterocycles. The molecule has 0 radical (unpaired) electrons. The first-order valence-corrected chi connectivity index (χ1v) is 14.0. The number of ether oxygens (including phenoxy) is 1. The molecule has 3 aromatic rings. The molecule has 4 rings (SSSR count). The van der Waals surface area contributed by atoms with Gasteiger partial charge in [-0.15, -0.1) is 0 Å². The van der Waals surface area contributed by atoms with Crippen LogP contribution in [0.5, 0.6) is 0 Å². The van der Waals surface area contributed by atoms with Crippen LogP contribution >= 0.6 is 12.6 Å². The van der Waals surface area contributed by atoms with Gasteiger partial charge in [0.25, 0.3) is 5.91 Å². The van der Waals surface area contributed by atoms with E-state index in [2.05, 4.69) is 23.3 Å². The largest absolute Gasteiger partial charge is 0.444 e. The van der Waals surface area contributed by atoms with Gasteiger partial charge in [0.2, 0.25) is 5.91 Å². The molecule has 0 spiro atoms. The number of nitrogens with one attached hydrogen (secondary N) is 2. The van der Waals surface area contributed by atoms with Crippen molar-refractivity contribution in [1.82, 2.24) is 10.2 Å². The van der Waals surface area contributed by atoms with Gasteiger partial charge in [0.05, 0.1) is 0 Å². The summed E-state index contributed by atoms with van der Waals surface area (Å²) in [6.45, 7) is 7.21. The Bertz CT molecular complexity index is 1350. The fourth-order valence-electron chi connectivity index (χ4n) is 4.79. The van der Waals surface area contributed by atoms with Crippen LogP contribution in [0.2, 0.25) is 0 Å². The van der Waals surface area contributed by atoms with Gasteiger partial charge in [-0.3, -0.25) is 9.59 Å². The summed E-state index contributed by atoms with van der Waals surface area (Å²) in [6.07, 6.45) is 1.83. The zero-order valence-electron chi connectivity index (χ0n) is 22.9. The molecule has 2 N–H and O–H groups in total. The van der Waals surface area contributed by atoms with E-state index in [0.29, 0.717) is 5.69 Å². The summed E-state index contributed by atoms with van der Waals surface area (Å²) < 4.78 is 5.39. The lowest BCUT2D eigenvalue weighted by Crippen LogP contribution is -2.57. The predicted molar refractivity (Wildman–Crippen MR) is 158 cm³/mol. The van der Waals surface area contributed by atoms with Crippen LogP contribution < -0.4 is 10.6 Å². The average Bonchev–Trinajstić information content (AvgIpc) is 2.85. The van der Waals surface area contributed by atoms with Crippen molar-refractivity contribution < 1.29 is 19.1 Å². The normalized spacial score (nSPS) is 15.1. The minimum absolute atomic E-state index is 0.0636. The fourth-order valence-corrected chi connectivity index (χ4v) is 5.03. The highest BCUT2D eigenvalue weighted by atomic mass is 32.1. The van der Waals surface area contributed by atoms with E-state index in [1.807, 2.05) is 73.7 Å². The summed E-state index contributed by atoms with van der Waals surface area (Å²) >= 11 is 4.38. The molecule has 39 heavy (non-hydrogen) atoms. The molecule has 0 aromatic heterocycles. The summed E-state index contributed by atoms with van der Waals surface area (Å²) in [7, 11) is 0. The van der Waals surface area contributed by atoms with Gasteiger partial charge in [0.1, 0.15) is 17.7 Å². The lowest BCUT2D eigenvalue weighted by atomic mass is 9.87. The molecule has 1 fully saturated rings. The Labute approximate surface area is 235 Å². The molecule has 1 aliphatic rings. The second kappa shape index (κ2) is 12.1. The molecule has 0 aliphatic heterocycles. The Morgan fingerprint density at radius 3 is 2.28 bits per heavy atom. The van der Waals surface area contributed by atoms with Crippen molar-refractivity contribution in [2.45, 2.75) is 70.7 Å². The summed E-state index contributed by atoms with van der Waals surface area (Å²) in [5.74, 6) is -0.605. The van der Waals surface area contributed by atoms with Crippen molar-refractivity contribution >= 4 is 47.0 Å². The number of fused-ring (bicyclic) bond motifs is 1. The molecule has 2 unspecified atom stereocenters. The molecule has 1 saturated carbocycles. The van der Waals surface area contributed by atoms with Crippen molar-refractivity contribution in [2.24, 2.45) is 0 Å². The van der Waals surface area contributed by atoms with Crippen LogP contribution in [0.15, 0.2) is 66.7 Å². The van der Waals surface area contributed by atoms with Crippen molar-refractivity contribution in [3.8, 4) is 0 Å². The van der Waals surface area contributed by atoms with E-state index in [0.717, 1.165) is 41.2 Å². The van der Waals surface area contributed by atoms with E-state index in [1.165, 1.54) is 0 Å². The number of thiol groups is 1. The number of carbonyl (C=O) groups excluding carboxylic acids is 3. The van der Waals surface area contributed by atoms with Crippen LogP contribution in [0.1, 0.15) is 57.2 Å². The highest BCUT2D eigenvalue weighted by molar-refractivity contribution is 7.80. The second-order valence-electron chi connectivity index (χ2n) is 11.0. The Kier molecular flexibility index (Phi) is 8.85. The molecule has 3 amide bonds. The minimum Gasteiger partial charge on any atom is -0.444 e. The number of aryl methyl sites for hydroxylation is 1. The Morgan fingerprint density at radius 1 is 1.00 bits per heavy atom. The summed E-state index contributed by atoms with van der Waals surface area (Å²) in [6, 6.07) is 19.3. The van der Waals surface area contributed by atoms with Crippen LogP contribution in [0.25, 0.3) is 10.8 Å². The number of rotatable bonds is 8. The molecule has 206 valence electrons. The van der Waals surface area contributed by atoms with Gasteiger partial charge in [-0.2, -0.15) is 12.6 Å². The zero-order valence-corrected chi connectivity index (χ0v) is 23.8. The third kappa shape index (κ3) is 6.92. The van der Waals surface area contributed by atoms with Crippen LogP contribution in [0, 0.1) is 6.92 Å². The molecule has 1 aliphatic carbocycles. The first kappa shape index (κ1) is 28.5. The summed E-state index contributed by atoms with van der Waals surface area (Å²) in [5, 5.41) is 7.82. The number of benzene rings is 3. The second-order valence-corrected chi connectivity index (χ2v) is 11.4. The minimum atomic E-state index is -0.955. The van der Waals surface area contributed by atoms with Gasteiger partial charge >= 0.3 is 6.09 Å². The van der Waals surface area contributed by atoms with E-state index in [1.54, 1.807) is 25.7 Å². The molecule has 0 heterocycles. The van der Waals surface area contributed by atoms with Gasteiger partial charge in [0.15, 0.2) is 0 Å². The highest BCUT2D eigenvalue weighted by Gasteiger charge is 2.42. The van der Waals surface area contributed by atoms with Crippen molar-refractivity contribution in [3.63, 3.8) is 0 Å². The topological polar surface area (TPSA) is 87.7 Å². The Balaban J connectivity index is 1.69. The van der Waals surface area contributed by atoms with Crippen LogP contribution in [-0.2, 0) is 14.3 Å². The van der Waals surface area contributed by atoms with Gasteiger partial charge in [-0.05, 0) is 81.0 Å². The van der Waals surface area contributed by atoms with Crippen molar-refractivity contribution in [2.75, 3.05) is 11.1 Å². The quantitative estimate of drug-likeness (QED) is 0.301. The number of alkyl carbamates (subject to hydrolysis) is 1. The van der Waals surface area contributed by atoms with E-state index in [4.69, 9.17) is 4.74 Å². The molecule has 0 bridgehead atoms. The summed E-state index contributed by atoms with van der Waals surface area (Å²) in [5.41, 5.74) is 1.57. The predicted octanol–water partition coefficient (Wildman–Crippen LogP) is 6.03. The van der Waals surface area contributed by atoms with E-state index in [-0.39, 0.29) is 23.6 Å². The SMILES string of the molecule is Cc1ccccc1C(C(=O)Nc1ccc2ccccc2c1)N(C(=O)C(CS)NC(=O)OC(C)(C)C)C1CCC1. The number of nitrogens with zero attached hydrogens (tertiary/aromatic N) is 1. The molecular weight excluding hydrogens is 510 g/mol. The van der Waals surface area contributed by atoms with E-state index < -0.39 is 23.8 Å². The summed E-state index contributed by atoms with van der Waals surface area (Å²) in [4.78, 5) is 42.4. The third-order valence-electron chi connectivity index (χ3n) is 6.92. The van der Waals surface area contributed by atoms with Crippen LogP contribution in [0.3, 0.4) is 0 Å². The van der Waals surface area contributed by atoms with Gasteiger partial charge < -0.3 is 20.3 Å². The maximum Gasteiger partial charge on any atom is 0.408 e. The zero-order chi connectivity index (χ0) is 28.2.